The van der Waals surface area contributed by atoms with Crippen molar-refractivity contribution in [2.24, 2.45) is 0 Å². The SMILES string of the molecule is O=C(c1c2c(cc3c1OCC3)OCC2)N1CCN(C/C=C/c2ccccc2)CC1. The van der Waals surface area contributed by atoms with Gasteiger partial charge in [0.2, 0.25) is 0 Å². The maximum Gasteiger partial charge on any atom is 0.258 e. The largest absolute Gasteiger partial charge is 0.493 e. The fourth-order valence-corrected chi connectivity index (χ4v) is 4.41. The van der Waals surface area contributed by atoms with E-state index >= 15 is 0 Å². The van der Waals surface area contributed by atoms with Crippen molar-refractivity contribution >= 4 is 12.0 Å². The zero-order valence-electron chi connectivity index (χ0n) is 16.6. The summed E-state index contributed by atoms with van der Waals surface area (Å²) in [6.07, 6.45) is 6.01. The zero-order chi connectivity index (χ0) is 19.6. The number of piperazine rings is 1. The molecule has 2 aromatic rings. The van der Waals surface area contributed by atoms with Gasteiger partial charge in [0.1, 0.15) is 11.5 Å². The zero-order valence-corrected chi connectivity index (χ0v) is 16.6. The molecule has 0 unspecified atom stereocenters. The van der Waals surface area contributed by atoms with E-state index in [2.05, 4.69) is 47.4 Å². The number of benzene rings is 2. The molecule has 2 aromatic carbocycles. The molecular formula is C24H26N2O3. The minimum absolute atomic E-state index is 0.102. The molecule has 0 bridgehead atoms. The number of ether oxygens (including phenoxy) is 2. The molecule has 5 heteroatoms. The predicted molar refractivity (Wildman–Crippen MR) is 113 cm³/mol. The summed E-state index contributed by atoms with van der Waals surface area (Å²) in [5.74, 6) is 1.78. The van der Waals surface area contributed by atoms with Crippen LogP contribution in [0.5, 0.6) is 11.5 Å². The third kappa shape index (κ3) is 3.62. The molecule has 0 radical (unpaired) electrons. The molecule has 1 fully saturated rings. The van der Waals surface area contributed by atoms with Crippen LogP contribution in [-0.4, -0.2) is 61.6 Å². The van der Waals surface area contributed by atoms with Crippen molar-refractivity contribution in [2.75, 3.05) is 45.9 Å². The van der Waals surface area contributed by atoms with Crippen molar-refractivity contribution in [1.82, 2.24) is 9.80 Å². The fourth-order valence-electron chi connectivity index (χ4n) is 4.41. The number of nitrogens with zero attached hydrogens (tertiary/aromatic N) is 2. The molecule has 0 atom stereocenters. The quantitative estimate of drug-likeness (QED) is 0.805. The first-order valence-electron chi connectivity index (χ1n) is 10.5. The Balaban J connectivity index is 1.24. The van der Waals surface area contributed by atoms with Gasteiger partial charge in [-0.25, -0.2) is 0 Å². The Morgan fingerprint density at radius 3 is 2.62 bits per heavy atom. The highest BCUT2D eigenvalue weighted by molar-refractivity contribution is 6.00. The van der Waals surface area contributed by atoms with Gasteiger partial charge >= 0.3 is 0 Å². The Kier molecular flexibility index (Phi) is 4.98. The summed E-state index contributed by atoms with van der Waals surface area (Å²) < 4.78 is 11.6. The summed E-state index contributed by atoms with van der Waals surface area (Å²) in [5.41, 5.74) is 4.11. The van der Waals surface area contributed by atoms with E-state index in [1.54, 1.807) is 0 Å². The van der Waals surface area contributed by atoms with Crippen LogP contribution in [0.2, 0.25) is 0 Å². The lowest BCUT2D eigenvalue weighted by molar-refractivity contribution is 0.0646. The predicted octanol–water partition coefficient (Wildman–Crippen LogP) is 3.03. The molecule has 3 aliphatic heterocycles. The van der Waals surface area contributed by atoms with Gasteiger partial charge in [0, 0.05) is 56.7 Å². The number of hydrogen-bond donors (Lipinski definition) is 0. The molecule has 3 aliphatic rings. The van der Waals surface area contributed by atoms with Crippen molar-refractivity contribution in [3.05, 3.63) is 64.7 Å². The van der Waals surface area contributed by atoms with Crippen LogP contribution in [0.15, 0.2) is 42.5 Å². The van der Waals surface area contributed by atoms with Gasteiger partial charge < -0.3 is 14.4 Å². The molecule has 150 valence electrons. The van der Waals surface area contributed by atoms with Crippen LogP contribution in [0, 0.1) is 0 Å². The molecule has 0 N–H and O–H groups in total. The van der Waals surface area contributed by atoms with Crippen LogP contribution >= 0.6 is 0 Å². The van der Waals surface area contributed by atoms with Gasteiger partial charge in [-0.2, -0.15) is 0 Å². The second-order valence-corrected chi connectivity index (χ2v) is 7.82. The van der Waals surface area contributed by atoms with Crippen LogP contribution in [0.4, 0.5) is 0 Å². The van der Waals surface area contributed by atoms with Gasteiger partial charge in [0.05, 0.1) is 18.8 Å². The van der Waals surface area contributed by atoms with E-state index in [0.29, 0.717) is 13.2 Å². The maximum atomic E-state index is 13.4. The van der Waals surface area contributed by atoms with E-state index in [4.69, 9.17) is 9.47 Å². The number of fused-ring (bicyclic) bond motifs is 2. The number of hydrogen-bond acceptors (Lipinski definition) is 4. The Morgan fingerprint density at radius 1 is 1.00 bits per heavy atom. The maximum absolute atomic E-state index is 13.4. The summed E-state index contributed by atoms with van der Waals surface area (Å²) in [5, 5.41) is 0. The Morgan fingerprint density at radius 2 is 1.79 bits per heavy atom. The van der Waals surface area contributed by atoms with E-state index in [1.807, 2.05) is 11.0 Å². The Bertz CT molecular complexity index is 899. The van der Waals surface area contributed by atoms with E-state index in [-0.39, 0.29) is 5.91 Å². The van der Waals surface area contributed by atoms with Gasteiger partial charge in [-0.3, -0.25) is 9.69 Å². The van der Waals surface area contributed by atoms with Crippen LogP contribution in [0.3, 0.4) is 0 Å². The molecule has 5 rings (SSSR count). The van der Waals surface area contributed by atoms with E-state index < -0.39 is 0 Å². The lowest BCUT2D eigenvalue weighted by Crippen LogP contribution is -2.48. The van der Waals surface area contributed by atoms with Gasteiger partial charge in [-0.05, 0) is 11.6 Å². The van der Waals surface area contributed by atoms with E-state index in [1.165, 1.54) is 5.56 Å². The lowest BCUT2D eigenvalue weighted by atomic mass is 9.98. The Labute approximate surface area is 171 Å². The van der Waals surface area contributed by atoms with E-state index in [0.717, 1.165) is 73.8 Å². The third-order valence-electron chi connectivity index (χ3n) is 6.00. The standard InChI is InChI=1S/C24H26N2O3/c27-24(22-20-9-16-28-21(20)17-19-8-15-29-23(19)22)26-13-11-25(12-14-26)10-4-7-18-5-2-1-3-6-18/h1-7,17H,8-16H2/b7-4+. The number of amides is 1. The molecule has 3 heterocycles. The van der Waals surface area contributed by atoms with Crippen LogP contribution in [0.1, 0.15) is 27.0 Å². The molecule has 5 nitrogen and oxygen atoms in total. The summed E-state index contributed by atoms with van der Waals surface area (Å²) in [7, 11) is 0. The summed E-state index contributed by atoms with van der Waals surface area (Å²) >= 11 is 0. The lowest BCUT2D eigenvalue weighted by Gasteiger charge is -2.34. The summed E-state index contributed by atoms with van der Waals surface area (Å²) in [6, 6.07) is 12.4. The topological polar surface area (TPSA) is 42.0 Å². The molecule has 0 spiro atoms. The molecule has 29 heavy (non-hydrogen) atoms. The monoisotopic (exact) mass is 390 g/mol. The highest BCUT2D eigenvalue weighted by Crippen LogP contribution is 2.41. The number of carbonyl (C=O) groups excluding carboxylic acids is 1. The average Bonchev–Trinajstić information content (AvgIpc) is 3.42. The van der Waals surface area contributed by atoms with Crippen molar-refractivity contribution in [2.45, 2.75) is 12.8 Å². The smallest absolute Gasteiger partial charge is 0.258 e. The molecule has 0 saturated carbocycles. The summed E-state index contributed by atoms with van der Waals surface area (Å²) in [6.45, 7) is 5.48. The first kappa shape index (κ1) is 18.3. The van der Waals surface area contributed by atoms with Gasteiger partial charge in [-0.1, -0.05) is 42.5 Å². The first-order valence-corrected chi connectivity index (χ1v) is 10.5. The van der Waals surface area contributed by atoms with Crippen LogP contribution < -0.4 is 9.47 Å². The second kappa shape index (κ2) is 7.91. The van der Waals surface area contributed by atoms with E-state index in [9.17, 15) is 4.79 Å². The highest BCUT2D eigenvalue weighted by atomic mass is 16.5. The fraction of sp³-hybridized carbons (Fsp3) is 0.375. The van der Waals surface area contributed by atoms with Crippen LogP contribution in [0.25, 0.3) is 6.08 Å². The molecule has 0 aromatic heterocycles. The minimum atomic E-state index is 0.102. The minimum Gasteiger partial charge on any atom is -0.493 e. The molecule has 0 aliphatic carbocycles. The van der Waals surface area contributed by atoms with Gasteiger partial charge in [-0.15, -0.1) is 0 Å². The van der Waals surface area contributed by atoms with Gasteiger partial charge in [0.15, 0.2) is 0 Å². The first-order chi connectivity index (χ1) is 14.3. The molecule has 1 amide bonds. The normalized spacial score (nSPS) is 18.4. The van der Waals surface area contributed by atoms with Gasteiger partial charge in [0.25, 0.3) is 5.91 Å². The second-order valence-electron chi connectivity index (χ2n) is 7.82. The third-order valence-corrected chi connectivity index (χ3v) is 6.00. The van der Waals surface area contributed by atoms with Crippen molar-refractivity contribution in [3.8, 4) is 11.5 Å². The molecule has 1 saturated heterocycles. The summed E-state index contributed by atoms with van der Waals surface area (Å²) in [4.78, 5) is 17.8. The molecular weight excluding hydrogens is 364 g/mol. The number of carbonyl (C=O) groups is 1. The average molecular weight is 390 g/mol. The van der Waals surface area contributed by atoms with Crippen molar-refractivity contribution < 1.29 is 14.3 Å². The van der Waals surface area contributed by atoms with Crippen LogP contribution in [-0.2, 0) is 12.8 Å². The van der Waals surface area contributed by atoms with Crippen molar-refractivity contribution in [3.63, 3.8) is 0 Å². The van der Waals surface area contributed by atoms with Crippen molar-refractivity contribution in [1.29, 1.82) is 0 Å². The Hall–Kier alpha value is -2.79. The number of rotatable bonds is 4. The highest BCUT2D eigenvalue weighted by Gasteiger charge is 2.33.